The standard InChI is InChI=1S/C16H16N4O2/c1-4-6-7-8-12(5-2)15-18-16-17-13(9-11(3)21)10-14(22)20(16)19-15/h2,4,6,8,10H,7,9H2,1,3H3,(H,17,18,19)/b6-4?,12-8+. The van der Waals surface area contributed by atoms with Crippen LogP contribution >= 0.6 is 0 Å². The lowest BCUT2D eigenvalue weighted by atomic mass is 10.2. The fourth-order valence-electron chi connectivity index (χ4n) is 1.94. The van der Waals surface area contributed by atoms with Crippen LogP contribution in [0.4, 0.5) is 0 Å². The van der Waals surface area contributed by atoms with E-state index in [0.29, 0.717) is 23.5 Å². The molecule has 0 aliphatic heterocycles. The highest BCUT2D eigenvalue weighted by Gasteiger charge is 2.11. The summed E-state index contributed by atoms with van der Waals surface area (Å²) in [4.78, 5) is 31.6. The topological polar surface area (TPSA) is 80.1 Å². The summed E-state index contributed by atoms with van der Waals surface area (Å²) in [6.45, 7) is 3.37. The SMILES string of the molecule is C#C/C(=C\CC=CC)c1nc2nc(CC(C)=O)cc(=O)n2[nH]1. The van der Waals surface area contributed by atoms with E-state index < -0.39 is 0 Å². The fraction of sp³-hybridized carbons (Fsp3) is 0.250. The van der Waals surface area contributed by atoms with E-state index in [2.05, 4.69) is 21.0 Å². The summed E-state index contributed by atoms with van der Waals surface area (Å²) in [6.07, 6.45) is 12.0. The zero-order chi connectivity index (χ0) is 16.1. The van der Waals surface area contributed by atoms with Gasteiger partial charge in [0.2, 0.25) is 0 Å². The van der Waals surface area contributed by atoms with Crippen LogP contribution in [0, 0.1) is 12.3 Å². The molecule has 0 saturated carbocycles. The van der Waals surface area contributed by atoms with E-state index in [4.69, 9.17) is 6.42 Å². The minimum absolute atomic E-state index is 0.0671. The Morgan fingerprint density at radius 3 is 2.91 bits per heavy atom. The van der Waals surface area contributed by atoms with Crippen LogP contribution in [-0.4, -0.2) is 25.4 Å². The highest BCUT2D eigenvalue weighted by Crippen LogP contribution is 2.10. The lowest BCUT2D eigenvalue weighted by Crippen LogP contribution is -2.16. The molecule has 0 amide bonds. The third kappa shape index (κ3) is 3.38. The van der Waals surface area contributed by atoms with Gasteiger partial charge in [0.1, 0.15) is 5.78 Å². The number of carbonyl (C=O) groups excluding carboxylic acids is 1. The molecule has 0 radical (unpaired) electrons. The lowest BCUT2D eigenvalue weighted by molar-refractivity contribution is -0.116. The van der Waals surface area contributed by atoms with E-state index in [0.717, 1.165) is 0 Å². The van der Waals surface area contributed by atoms with Crippen molar-refractivity contribution >= 4 is 17.1 Å². The second kappa shape index (κ2) is 6.68. The third-order valence-electron chi connectivity index (χ3n) is 2.92. The largest absolute Gasteiger partial charge is 0.300 e. The maximum absolute atomic E-state index is 12.0. The Morgan fingerprint density at radius 2 is 2.27 bits per heavy atom. The van der Waals surface area contributed by atoms with Crippen LogP contribution in [0.5, 0.6) is 0 Å². The van der Waals surface area contributed by atoms with Gasteiger partial charge in [-0.2, -0.15) is 9.50 Å². The number of ketones is 1. The number of carbonyl (C=O) groups is 1. The number of nitrogens with one attached hydrogen (secondary N) is 1. The van der Waals surface area contributed by atoms with Gasteiger partial charge in [-0.15, -0.1) is 6.42 Å². The molecular formula is C16H16N4O2. The van der Waals surface area contributed by atoms with E-state index in [-0.39, 0.29) is 23.5 Å². The first-order valence-corrected chi connectivity index (χ1v) is 6.81. The first-order valence-electron chi connectivity index (χ1n) is 6.81. The molecule has 0 aromatic carbocycles. The van der Waals surface area contributed by atoms with Crippen molar-refractivity contribution in [3.8, 4) is 12.3 Å². The first kappa shape index (κ1) is 15.4. The summed E-state index contributed by atoms with van der Waals surface area (Å²) in [5.41, 5.74) is 0.622. The van der Waals surface area contributed by atoms with Crippen molar-refractivity contribution < 1.29 is 4.79 Å². The number of H-pyrrole nitrogens is 1. The molecule has 0 saturated heterocycles. The van der Waals surface area contributed by atoms with E-state index in [1.165, 1.54) is 17.5 Å². The van der Waals surface area contributed by atoms with Crippen LogP contribution in [0.3, 0.4) is 0 Å². The second-order valence-electron chi connectivity index (χ2n) is 4.74. The number of terminal acetylenes is 1. The minimum atomic E-state index is -0.329. The van der Waals surface area contributed by atoms with E-state index in [9.17, 15) is 9.59 Å². The Morgan fingerprint density at radius 1 is 1.50 bits per heavy atom. The molecule has 0 atom stereocenters. The van der Waals surface area contributed by atoms with Crippen molar-refractivity contribution in [1.29, 1.82) is 0 Å². The maximum Gasteiger partial charge on any atom is 0.274 e. The van der Waals surface area contributed by atoms with Gasteiger partial charge >= 0.3 is 0 Å². The summed E-state index contributed by atoms with van der Waals surface area (Å²) in [7, 11) is 0. The number of allylic oxidation sites excluding steroid dienone is 4. The molecule has 0 aliphatic rings. The Hall–Kier alpha value is -2.94. The summed E-state index contributed by atoms with van der Waals surface area (Å²) in [5, 5.41) is 2.83. The Kier molecular flexibility index (Phi) is 4.69. The van der Waals surface area contributed by atoms with E-state index in [1.54, 1.807) is 0 Å². The minimum Gasteiger partial charge on any atom is -0.300 e. The molecule has 0 aliphatic carbocycles. The predicted octanol–water partition coefficient (Wildman–Crippen LogP) is 1.53. The first-order chi connectivity index (χ1) is 10.5. The molecule has 112 valence electrons. The highest BCUT2D eigenvalue weighted by atomic mass is 16.1. The van der Waals surface area contributed by atoms with Gasteiger partial charge in [-0.1, -0.05) is 24.1 Å². The zero-order valence-corrected chi connectivity index (χ0v) is 12.5. The van der Waals surface area contributed by atoms with Crippen molar-refractivity contribution in [2.24, 2.45) is 0 Å². The van der Waals surface area contributed by atoms with Gasteiger partial charge in [0.15, 0.2) is 5.82 Å². The van der Waals surface area contributed by atoms with Crippen LogP contribution in [0.1, 0.15) is 31.8 Å². The molecule has 2 rings (SSSR count). The number of fused-ring (bicyclic) bond motifs is 1. The molecule has 2 heterocycles. The molecule has 0 fully saturated rings. The predicted molar refractivity (Wildman–Crippen MR) is 84.2 cm³/mol. The lowest BCUT2D eigenvalue weighted by Gasteiger charge is -1.96. The molecular weight excluding hydrogens is 280 g/mol. The van der Waals surface area contributed by atoms with Crippen LogP contribution in [0.15, 0.2) is 29.1 Å². The van der Waals surface area contributed by atoms with Gasteiger partial charge in [0, 0.05) is 12.5 Å². The molecule has 0 unspecified atom stereocenters. The average molecular weight is 296 g/mol. The van der Waals surface area contributed by atoms with Gasteiger partial charge in [-0.25, -0.2) is 4.98 Å². The highest BCUT2D eigenvalue weighted by molar-refractivity contribution is 5.78. The van der Waals surface area contributed by atoms with Gasteiger partial charge < -0.3 is 0 Å². The zero-order valence-electron chi connectivity index (χ0n) is 12.5. The summed E-state index contributed by atoms with van der Waals surface area (Å²) in [5.74, 6) is 3.07. The number of nitrogens with zero attached hydrogens (tertiary/aromatic N) is 3. The van der Waals surface area contributed by atoms with Crippen molar-refractivity contribution in [2.75, 3.05) is 0 Å². The van der Waals surface area contributed by atoms with Crippen LogP contribution in [0.25, 0.3) is 11.4 Å². The summed E-state index contributed by atoms with van der Waals surface area (Å²) in [6, 6.07) is 1.31. The van der Waals surface area contributed by atoms with Gasteiger partial charge in [-0.3, -0.25) is 14.7 Å². The van der Waals surface area contributed by atoms with E-state index in [1.807, 2.05) is 25.2 Å². The number of aromatic amines is 1. The third-order valence-corrected chi connectivity index (χ3v) is 2.92. The van der Waals surface area contributed by atoms with Gasteiger partial charge in [0.25, 0.3) is 11.3 Å². The average Bonchev–Trinajstić information content (AvgIpc) is 2.87. The van der Waals surface area contributed by atoms with Crippen molar-refractivity contribution in [1.82, 2.24) is 19.6 Å². The Balaban J connectivity index is 2.48. The summed E-state index contributed by atoms with van der Waals surface area (Å²) < 4.78 is 1.21. The van der Waals surface area contributed by atoms with Gasteiger partial charge in [-0.05, 0) is 20.3 Å². The molecule has 22 heavy (non-hydrogen) atoms. The quantitative estimate of drug-likeness (QED) is 0.670. The number of hydrogen-bond donors (Lipinski definition) is 1. The monoisotopic (exact) mass is 296 g/mol. The Labute approximate surface area is 127 Å². The summed E-state index contributed by atoms with van der Waals surface area (Å²) >= 11 is 0. The number of Topliss-reactive ketones (excluding diaryl/α,β-unsaturated/α-hetero) is 1. The van der Waals surface area contributed by atoms with Gasteiger partial charge in [0.05, 0.1) is 11.3 Å². The molecule has 1 N–H and O–H groups in total. The maximum atomic E-state index is 12.0. The van der Waals surface area contributed by atoms with Crippen LogP contribution in [-0.2, 0) is 11.2 Å². The molecule has 2 aromatic rings. The van der Waals surface area contributed by atoms with Crippen molar-refractivity contribution in [2.45, 2.75) is 26.7 Å². The van der Waals surface area contributed by atoms with E-state index >= 15 is 0 Å². The van der Waals surface area contributed by atoms with Crippen LogP contribution < -0.4 is 5.56 Å². The molecule has 2 aromatic heterocycles. The molecule has 0 spiro atoms. The molecule has 6 nitrogen and oxygen atoms in total. The smallest absolute Gasteiger partial charge is 0.274 e. The number of aromatic nitrogens is 4. The number of rotatable bonds is 5. The fourth-order valence-corrected chi connectivity index (χ4v) is 1.94. The number of hydrogen-bond acceptors (Lipinski definition) is 4. The second-order valence-corrected chi connectivity index (χ2v) is 4.74. The normalized spacial score (nSPS) is 12.0. The van der Waals surface area contributed by atoms with Crippen molar-refractivity contribution in [3.05, 3.63) is 46.2 Å². The Bertz CT molecular complexity index is 862. The van der Waals surface area contributed by atoms with Crippen molar-refractivity contribution in [3.63, 3.8) is 0 Å². The van der Waals surface area contributed by atoms with Crippen LogP contribution in [0.2, 0.25) is 0 Å². The molecule has 6 heteroatoms. The molecule has 0 bridgehead atoms.